The Balaban J connectivity index is 1.73. The van der Waals surface area contributed by atoms with Crippen LogP contribution in [0.5, 0.6) is 0 Å². The van der Waals surface area contributed by atoms with Crippen LogP contribution >= 0.6 is 0 Å². The predicted octanol–water partition coefficient (Wildman–Crippen LogP) is 3.03. The lowest BCUT2D eigenvalue weighted by Gasteiger charge is -2.09. The first-order chi connectivity index (χ1) is 11.5. The van der Waals surface area contributed by atoms with Gasteiger partial charge in [-0.05, 0) is 31.0 Å². The minimum atomic E-state index is -0.131. The summed E-state index contributed by atoms with van der Waals surface area (Å²) in [6, 6.07) is 8.06. The fourth-order valence-electron chi connectivity index (χ4n) is 2.61. The van der Waals surface area contributed by atoms with Crippen molar-refractivity contribution in [3.05, 3.63) is 71.3 Å². The Kier molecular flexibility index (Phi) is 4.42. The molecule has 3 aromatic rings. The van der Waals surface area contributed by atoms with Crippen molar-refractivity contribution in [3.63, 3.8) is 0 Å². The maximum absolute atomic E-state index is 12.4. The molecule has 0 unspecified atom stereocenters. The number of aryl methyl sites for hydroxylation is 3. The number of nitrogens with one attached hydrogen (secondary N) is 1. The van der Waals surface area contributed by atoms with Crippen LogP contribution < -0.4 is 5.32 Å². The van der Waals surface area contributed by atoms with Crippen molar-refractivity contribution in [1.29, 1.82) is 0 Å². The van der Waals surface area contributed by atoms with Gasteiger partial charge >= 0.3 is 0 Å². The summed E-state index contributed by atoms with van der Waals surface area (Å²) in [5, 5.41) is 7.11. The second-order valence-electron chi connectivity index (χ2n) is 5.98. The molecule has 122 valence electrons. The first-order valence-electron chi connectivity index (χ1n) is 7.81. The number of hydrogen-bond acceptors (Lipinski definition) is 3. The van der Waals surface area contributed by atoms with Crippen LogP contribution in [0.15, 0.2) is 49.1 Å². The van der Waals surface area contributed by atoms with E-state index < -0.39 is 0 Å². The van der Waals surface area contributed by atoms with Gasteiger partial charge in [0.25, 0.3) is 5.91 Å². The van der Waals surface area contributed by atoms with E-state index in [9.17, 15) is 4.79 Å². The number of pyridine rings is 1. The molecule has 0 aliphatic carbocycles. The van der Waals surface area contributed by atoms with Crippen molar-refractivity contribution in [2.24, 2.45) is 7.05 Å². The van der Waals surface area contributed by atoms with Gasteiger partial charge in [-0.3, -0.25) is 14.5 Å². The van der Waals surface area contributed by atoms with E-state index in [0.29, 0.717) is 12.1 Å². The van der Waals surface area contributed by atoms with Crippen molar-refractivity contribution in [2.75, 3.05) is 0 Å². The van der Waals surface area contributed by atoms with Crippen molar-refractivity contribution < 1.29 is 4.79 Å². The quantitative estimate of drug-likeness (QED) is 0.804. The average Bonchev–Trinajstić information content (AvgIpc) is 3.00. The molecule has 1 N–H and O–H groups in total. The van der Waals surface area contributed by atoms with Crippen LogP contribution in [0.4, 0.5) is 0 Å². The molecular formula is C19H20N4O. The van der Waals surface area contributed by atoms with Crippen molar-refractivity contribution in [3.8, 4) is 11.1 Å². The molecule has 5 heteroatoms. The van der Waals surface area contributed by atoms with E-state index in [1.165, 1.54) is 11.1 Å². The molecule has 2 heterocycles. The van der Waals surface area contributed by atoms with Gasteiger partial charge in [-0.2, -0.15) is 5.10 Å². The third kappa shape index (κ3) is 3.51. The molecule has 0 atom stereocenters. The van der Waals surface area contributed by atoms with Crippen LogP contribution in [0.2, 0.25) is 0 Å². The summed E-state index contributed by atoms with van der Waals surface area (Å²) >= 11 is 0. The summed E-state index contributed by atoms with van der Waals surface area (Å²) in [6.07, 6.45) is 6.97. The van der Waals surface area contributed by atoms with Gasteiger partial charge in [-0.25, -0.2) is 0 Å². The van der Waals surface area contributed by atoms with Crippen LogP contribution in [-0.2, 0) is 13.6 Å². The molecule has 0 saturated heterocycles. The Morgan fingerprint density at radius 1 is 1.12 bits per heavy atom. The van der Waals surface area contributed by atoms with Gasteiger partial charge in [0, 0.05) is 43.3 Å². The molecule has 0 radical (unpaired) electrons. The van der Waals surface area contributed by atoms with E-state index >= 15 is 0 Å². The minimum Gasteiger partial charge on any atom is -0.348 e. The van der Waals surface area contributed by atoms with Crippen molar-refractivity contribution in [1.82, 2.24) is 20.1 Å². The summed E-state index contributed by atoms with van der Waals surface area (Å²) in [5.74, 6) is -0.131. The van der Waals surface area contributed by atoms with Gasteiger partial charge in [-0.15, -0.1) is 0 Å². The van der Waals surface area contributed by atoms with Gasteiger partial charge in [0.05, 0.1) is 11.8 Å². The van der Waals surface area contributed by atoms with E-state index in [2.05, 4.69) is 47.4 Å². The van der Waals surface area contributed by atoms with Crippen LogP contribution in [0.1, 0.15) is 27.0 Å². The Hall–Kier alpha value is -2.95. The molecule has 3 rings (SSSR count). The topological polar surface area (TPSA) is 59.8 Å². The van der Waals surface area contributed by atoms with Gasteiger partial charge < -0.3 is 5.32 Å². The van der Waals surface area contributed by atoms with Crippen LogP contribution in [0.3, 0.4) is 0 Å². The van der Waals surface area contributed by atoms with Crippen molar-refractivity contribution in [2.45, 2.75) is 20.4 Å². The third-order valence-electron chi connectivity index (χ3n) is 3.98. The molecule has 1 amide bonds. The molecule has 0 spiro atoms. The zero-order chi connectivity index (χ0) is 17.1. The van der Waals surface area contributed by atoms with E-state index in [1.54, 1.807) is 23.3 Å². The normalized spacial score (nSPS) is 10.6. The maximum atomic E-state index is 12.4. The molecule has 1 aromatic carbocycles. The van der Waals surface area contributed by atoms with Crippen LogP contribution in [0.25, 0.3) is 11.1 Å². The molecule has 0 bridgehead atoms. The monoisotopic (exact) mass is 320 g/mol. The summed E-state index contributed by atoms with van der Waals surface area (Å²) in [6.45, 7) is 4.62. The molecule has 0 aliphatic rings. The molecule has 5 nitrogen and oxygen atoms in total. The first kappa shape index (κ1) is 15.9. The number of benzene rings is 1. The maximum Gasteiger partial charge on any atom is 0.253 e. The number of carbonyl (C=O) groups is 1. The zero-order valence-electron chi connectivity index (χ0n) is 14.1. The Bertz CT molecular complexity index is 883. The number of aromatic nitrogens is 3. The lowest BCUT2D eigenvalue weighted by molar-refractivity contribution is 0.0950. The van der Waals surface area contributed by atoms with Crippen LogP contribution in [-0.4, -0.2) is 20.7 Å². The summed E-state index contributed by atoms with van der Waals surface area (Å²) in [5.41, 5.74) is 5.87. The van der Waals surface area contributed by atoms with Gasteiger partial charge in [0.2, 0.25) is 0 Å². The molecule has 0 aliphatic heterocycles. The lowest BCUT2D eigenvalue weighted by atomic mass is 10.1. The average molecular weight is 320 g/mol. The van der Waals surface area contributed by atoms with E-state index in [-0.39, 0.29) is 5.91 Å². The number of carbonyl (C=O) groups excluding carboxylic acids is 1. The number of rotatable bonds is 4. The minimum absolute atomic E-state index is 0.131. The van der Waals surface area contributed by atoms with Gasteiger partial charge in [-0.1, -0.05) is 23.8 Å². The molecular weight excluding hydrogens is 300 g/mol. The first-order valence-corrected chi connectivity index (χ1v) is 7.81. The second kappa shape index (κ2) is 6.66. The Morgan fingerprint density at radius 3 is 2.67 bits per heavy atom. The standard InChI is InChI=1S/C19H20N4O/c1-13-4-5-15(14(2)6-13)10-21-19(24)17-7-16(8-20-9-17)18-11-22-23(3)12-18/h4-9,11-12H,10H2,1-3H3,(H,21,24). The highest BCUT2D eigenvalue weighted by Gasteiger charge is 2.09. The Morgan fingerprint density at radius 2 is 1.96 bits per heavy atom. The lowest BCUT2D eigenvalue weighted by Crippen LogP contribution is -2.23. The highest BCUT2D eigenvalue weighted by Crippen LogP contribution is 2.18. The van der Waals surface area contributed by atoms with Gasteiger partial charge in [0.1, 0.15) is 0 Å². The summed E-state index contributed by atoms with van der Waals surface area (Å²) in [4.78, 5) is 16.6. The Labute approximate surface area is 141 Å². The number of nitrogens with zero attached hydrogens (tertiary/aromatic N) is 3. The van der Waals surface area contributed by atoms with Gasteiger partial charge in [0.15, 0.2) is 0 Å². The SMILES string of the molecule is Cc1ccc(CNC(=O)c2cncc(-c3cnn(C)c3)c2)c(C)c1. The fraction of sp³-hybridized carbons (Fsp3) is 0.211. The summed E-state index contributed by atoms with van der Waals surface area (Å²) in [7, 11) is 1.86. The smallest absolute Gasteiger partial charge is 0.253 e. The zero-order valence-corrected chi connectivity index (χ0v) is 14.1. The predicted molar refractivity (Wildman–Crippen MR) is 93.5 cm³/mol. The number of hydrogen-bond donors (Lipinski definition) is 1. The number of amides is 1. The van der Waals surface area contributed by atoms with E-state index in [4.69, 9.17) is 0 Å². The second-order valence-corrected chi connectivity index (χ2v) is 5.98. The fourth-order valence-corrected chi connectivity index (χ4v) is 2.61. The van der Waals surface area contributed by atoms with Crippen molar-refractivity contribution >= 4 is 5.91 Å². The largest absolute Gasteiger partial charge is 0.348 e. The highest BCUT2D eigenvalue weighted by molar-refractivity contribution is 5.95. The summed E-state index contributed by atoms with van der Waals surface area (Å²) < 4.78 is 1.72. The molecule has 0 fully saturated rings. The molecule has 24 heavy (non-hydrogen) atoms. The highest BCUT2D eigenvalue weighted by atomic mass is 16.1. The third-order valence-corrected chi connectivity index (χ3v) is 3.98. The van der Waals surface area contributed by atoms with E-state index in [0.717, 1.165) is 16.7 Å². The molecule has 0 saturated carbocycles. The van der Waals surface area contributed by atoms with E-state index in [1.807, 2.05) is 19.3 Å². The molecule has 2 aromatic heterocycles. The van der Waals surface area contributed by atoms with Crippen LogP contribution in [0, 0.1) is 13.8 Å².